The van der Waals surface area contributed by atoms with Crippen LogP contribution < -0.4 is 5.32 Å². The molecule has 17 heavy (non-hydrogen) atoms. The van der Waals surface area contributed by atoms with Crippen LogP contribution in [0.2, 0.25) is 0 Å². The second-order valence-electron chi connectivity index (χ2n) is 3.72. The third kappa shape index (κ3) is 2.52. The van der Waals surface area contributed by atoms with E-state index < -0.39 is 6.04 Å². The minimum atomic E-state index is -0.399. The highest BCUT2D eigenvalue weighted by Gasteiger charge is 2.33. The molecule has 1 N–H and O–H groups in total. The van der Waals surface area contributed by atoms with Gasteiger partial charge in [-0.15, -0.1) is 11.3 Å². The van der Waals surface area contributed by atoms with Crippen LogP contribution in [-0.4, -0.2) is 34.3 Å². The van der Waals surface area contributed by atoms with E-state index in [9.17, 15) is 9.59 Å². The summed E-state index contributed by atoms with van der Waals surface area (Å²) >= 11 is 1.36. The Morgan fingerprint density at radius 3 is 3.12 bits per heavy atom. The van der Waals surface area contributed by atoms with Gasteiger partial charge < -0.3 is 10.2 Å². The predicted octanol–water partition coefficient (Wildman–Crippen LogP) is 1.26. The SMILES string of the molecule is C=CC(=O)N1CCCC1C(=O)Nc1nccs1. The summed E-state index contributed by atoms with van der Waals surface area (Å²) in [4.78, 5) is 29.0. The molecule has 1 fully saturated rings. The number of nitrogens with one attached hydrogen (secondary N) is 1. The van der Waals surface area contributed by atoms with Crippen LogP contribution in [0.1, 0.15) is 12.8 Å². The number of thiazole rings is 1. The first-order valence-corrected chi connectivity index (χ1v) is 6.23. The number of carbonyl (C=O) groups excluding carboxylic acids is 2. The van der Waals surface area contributed by atoms with Gasteiger partial charge in [-0.1, -0.05) is 6.58 Å². The van der Waals surface area contributed by atoms with Crippen molar-refractivity contribution in [2.45, 2.75) is 18.9 Å². The van der Waals surface area contributed by atoms with Gasteiger partial charge in [-0.3, -0.25) is 9.59 Å². The van der Waals surface area contributed by atoms with Crippen LogP contribution in [0.4, 0.5) is 5.13 Å². The summed E-state index contributed by atoms with van der Waals surface area (Å²) in [6.45, 7) is 4.05. The van der Waals surface area contributed by atoms with Crippen LogP contribution in [-0.2, 0) is 9.59 Å². The molecule has 2 amide bonds. The zero-order valence-corrected chi connectivity index (χ0v) is 10.1. The molecule has 1 aliphatic rings. The van der Waals surface area contributed by atoms with Crippen molar-refractivity contribution in [3.63, 3.8) is 0 Å². The summed E-state index contributed by atoms with van der Waals surface area (Å²) in [5, 5.41) is 5.06. The second kappa shape index (κ2) is 5.09. The fourth-order valence-corrected chi connectivity index (χ4v) is 2.43. The molecule has 1 saturated heterocycles. The third-order valence-electron chi connectivity index (χ3n) is 2.68. The number of hydrogen-bond acceptors (Lipinski definition) is 4. The Bertz CT molecular complexity index is 430. The summed E-state index contributed by atoms with van der Waals surface area (Å²) in [5.41, 5.74) is 0. The largest absolute Gasteiger partial charge is 0.327 e. The molecule has 2 heterocycles. The van der Waals surface area contributed by atoms with Crippen molar-refractivity contribution in [3.05, 3.63) is 24.2 Å². The highest BCUT2D eigenvalue weighted by molar-refractivity contribution is 7.13. The number of likely N-dealkylation sites (tertiary alicyclic amines) is 1. The van der Waals surface area contributed by atoms with Crippen LogP contribution in [0.15, 0.2) is 24.2 Å². The number of anilines is 1. The molecule has 0 bridgehead atoms. The van der Waals surface area contributed by atoms with E-state index in [0.29, 0.717) is 18.1 Å². The average molecular weight is 251 g/mol. The van der Waals surface area contributed by atoms with Gasteiger partial charge in [0, 0.05) is 18.1 Å². The molecule has 1 aromatic rings. The maximum Gasteiger partial charge on any atom is 0.248 e. The third-order valence-corrected chi connectivity index (χ3v) is 3.36. The van der Waals surface area contributed by atoms with Crippen LogP contribution in [0.5, 0.6) is 0 Å². The molecular formula is C11H13N3O2S. The molecule has 1 atom stereocenters. The van der Waals surface area contributed by atoms with Crippen molar-refractivity contribution in [1.82, 2.24) is 9.88 Å². The summed E-state index contributed by atoms with van der Waals surface area (Å²) in [6.07, 6.45) is 4.41. The molecule has 1 unspecified atom stereocenters. The number of amides is 2. The molecule has 1 aliphatic heterocycles. The Morgan fingerprint density at radius 2 is 2.47 bits per heavy atom. The zero-order chi connectivity index (χ0) is 12.3. The van der Waals surface area contributed by atoms with Crippen LogP contribution in [0.25, 0.3) is 0 Å². The van der Waals surface area contributed by atoms with Gasteiger partial charge in [-0.05, 0) is 18.9 Å². The molecule has 0 aromatic carbocycles. The summed E-state index contributed by atoms with van der Waals surface area (Å²) in [7, 11) is 0. The van der Waals surface area contributed by atoms with E-state index in [1.807, 2.05) is 0 Å². The number of nitrogens with zero attached hydrogens (tertiary/aromatic N) is 2. The Balaban J connectivity index is 2.03. The molecule has 0 aliphatic carbocycles. The smallest absolute Gasteiger partial charge is 0.248 e. The molecule has 5 nitrogen and oxygen atoms in total. The molecule has 0 spiro atoms. The van der Waals surface area contributed by atoms with Crippen molar-refractivity contribution in [3.8, 4) is 0 Å². The minimum Gasteiger partial charge on any atom is -0.327 e. The summed E-state index contributed by atoms with van der Waals surface area (Å²) in [5.74, 6) is -0.366. The molecule has 6 heteroatoms. The number of hydrogen-bond donors (Lipinski definition) is 1. The summed E-state index contributed by atoms with van der Waals surface area (Å²) in [6, 6.07) is -0.399. The van der Waals surface area contributed by atoms with Crippen molar-refractivity contribution in [2.24, 2.45) is 0 Å². The van der Waals surface area contributed by atoms with E-state index >= 15 is 0 Å². The lowest BCUT2D eigenvalue weighted by Gasteiger charge is -2.21. The van der Waals surface area contributed by atoms with Crippen LogP contribution in [0.3, 0.4) is 0 Å². The first kappa shape index (κ1) is 11.8. The first-order chi connectivity index (χ1) is 8.22. The fraction of sp³-hybridized carbons (Fsp3) is 0.364. The van der Waals surface area contributed by atoms with Crippen molar-refractivity contribution in [2.75, 3.05) is 11.9 Å². The van der Waals surface area contributed by atoms with Crippen molar-refractivity contribution < 1.29 is 9.59 Å². The lowest BCUT2D eigenvalue weighted by Crippen LogP contribution is -2.42. The lowest BCUT2D eigenvalue weighted by molar-refractivity contribution is -0.132. The second-order valence-corrected chi connectivity index (χ2v) is 4.61. The molecule has 0 saturated carbocycles. The number of aromatic nitrogens is 1. The summed E-state index contributed by atoms with van der Waals surface area (Å²) < 4.78 is 0. The fourth-order valence-electron chi connectivity index (χ4n) is 1.89. The van der Waals surface area contributed by atoms with E-state index in [2.05, 4.69) is 16.9 Å². The quantitative estimate of drug-likeness (QED) is 0.823. The highest BCUT2D eigenvalue weighted by Crippen LogP contribution is 2.20. The standard InChI is InChI=1S/C11H13N3O2S/c1-2-9(15)14-6-3-4-8(14)10(16)13-11-12-5-7-17-11/h2,5,7-8H,1,3-4,6H2,(H,12,13,16). The van der Waals surface area contributed by atoms with Crippen molar-refractivity contribution in [1.29, 1.82) is 0 Å². The van der Waals surface area contributed by atoms with Crippen molar-refractivity contribution >= 4 is 28.3 Å². The maximum atomic E-state index is 12.0. The van der Waals surface area contributed by atoms with Gasteiger partial charge in [0.1, 0.15) is 6.04 Å². The Labute approximate surface area is 103 Å². The molecule has 1 aromatic heterocycles. The normalized spacial score (nSPS) is 19.1. The predicted molar refractivity (Wildman–Crippen MR) is 65.7 cm³/mol. The van der Waals surface area contributed by atoms with E-state index in [1.165, 1.54) is 17.4 Å². The van der Waals surface area contributed by atoms with Gasteiger partial charge >= 0.3 is 0 Å². The maximum absolute atomic E-state index is 12.0. The van der Waals surface area contributed by atoms with Crippen LogP contribution >= 0.6 is 11.3 Å². The van der Waals surface area contributed by atoms with E-state index in [0.717, 1.165) is 6.42 Å². The van der Waals surface area contributed by atoms with Gasteiger partial charge in [0.05, 0.1) is 0 Å². The molecule has 0 radical (unpaired) electrons. The van der Waals surface area contributed by atoms with Gasteiger partial charge in [-0.25, -0.2) is 4.98 Å². The van der Waals surface area contributed by atoms with E-state index in [4.69, 9.17) is 0 Å². The van der Waals surface area contributed by atoms with Gasteiger partial charge in [0.25, 0.3) is 0 Å². The zero-order valence-electron chi connectivity index (χ0n) is 9.26. The Hall–Kier alpha value is -1.69. The number of carbonyl (C=O) groups is 2. The van der Waals surface area contributed by atoms with Crippen LogP contribution in [0, 0.1) is 0 Å². The lowest BCUT2D eigenvalue weighted by atomic mass is 10.2. The Morgan fingerprint density at radius 1 is 1.65 bits per heavy atom. The van der Waals surface area contributed by atoms with E-state index in [-0.39, 0.29) is 11.8 Å². The molecule has 90 valence electrons. The first-order valence-electron chi connectivity index (χ1n) is 5.36. The van der Waals surface area contributed by atoms with E-state index in [1.54, 1.807) is 16.5 Å². The molecule has 2 rings (SSSR count). The topological polar surface area (TPSA) is 62.3 Å². The van der Waals surface area contributed by atoms with Gasteiger partial charge in [-0.2, -0.15) is 0 Å². The average Bonchev–Trinajstić information content (AvgIpc) is 2.97. The monoisotopic (exact) mass is 251 g/mol. The highest BCUT2D eigenvalue weighted by atomic mass is 32.1. The minimum absolute atomic E-state index is 0.173. The Kier molecular flexibility index (Phi) is 3.53. The van der Waals surface area contributed by atoms with Gasteiger partial charge in [0.15, 0.2) is 5.13 Å². The van der Waals surface area contributed by atoms with Gasteiger partial charge in [0.2, 0.25) is 11.8 Å². The molecular weight excluding hydrogens is 238 g/mol. The number of rotatable bonds is 3.